The highest BCUT2D eigenvalue weighted by Crippen LogP contribution is 2.15. The summed E-state index contributed by atoms with van der Waals surface area (Å²) in [5.41, 5.74) is 0.548. The highest BCUT2D eigenvalue weighted by Gasteiger charge is 2.15. The second-order valence-corrected chi connectivity index (χ2v) is 3.30. The third-order valence-electron chi connectivity index (χ3n) is 1.65. The van der Waals surface area contributed by atoms with Crippen LogP contribution in [0.25, 0.3) is 0 Å². The molecular formula is C8H10N2O2S. The highest BCUT2D eigenvalue weighted by atomic mass is 32.2. The Balaban J connectivity index is 2.94. The molecule has 0 saturated carbocycles. The quantitative estimate of drug-likeness (QED) is 0.587. The summed E-state index contributed by atoms with van der Waals surface area (Å²) in [5, 5.41) is 9.33. The van der Waals surface area contributed by atoms with E-state index in [2.05, 4.69) is 9.97 Å². The number of aliphatic carboxylic acids is 1. The lowest BCUT2D eigenvalue weighted by Crippen LogP contribution is -2.09. The summed E-state index contributed by atoms with van der Waals surface area (Å²) >= 11 is 1.40. The number of hydrogen-bond donors (Lipinski definition) is 1. The molecule has 1 unspecified atom stereocenters. The van der Waals surface area contributed by atoms with E-state index in [9.17, 15) is 4.79 Å². The molecule has 0 aliphatic heterocycles. The molecule has 1 aromatic rings. The van der Waals surface area contributed by atoms with Gasteiger partial charge in [-0.25, -0.2) is 9.97 Å². The maximum atomic E-state index is 10.6. The molecule has 0 fully saturated rings. The van der Waals surface area contributed by atoms with E-state index >= 15 is 0 Å². The van der Waals surface area contributed by atoms with E-state index in [4.69, 9.17) is 5.11 Å². The van der Waals surface area contributed by atoms with Gasteiger partial charge in [-0.15, -0.1) is 0 Å². The number of carboxylic acid groups (broad SMARTS) is 1. The molecule has 1 N–H and O–H groups in total. The second kappa shape index (κ2) is 4.23. The largest absolute Gasteiger partial charge is 0.481 e. The van der Waals surface area contributed by atoms with Crippen LogP contribution in [-0.4, -0.2) is 27.3 Å². The topological polar surface area (TPSA) is 63.1 Å². The fourth-order valence-corrected chi connectivity index (χ4v) is 1.18. The van der Waals surface area contributed by atoms with Crippen molar-refractivity contribution in [3.63, 3.8) is 0 Å². The first-order valence-electron chi connectivity index (χ1n) is 3.75. The van der Waals surface area contributed by atoms with Crippen LogP contribution in [-0.2, 0) is 4.79 Å². The van der Waals surface area contributed by atoms with Gasteiger partial charge in [-0.2, -0.15) is 0 Å². The van der Waals surface area contributed by atoms with Crippen molar-refractivity contribution in [2.24, 2.45) is 0 Å². The van der Waals surface area contributed by atoms with Gasteiger partial charge in [0.2, 0.25) is 0 Å². The van der Waals surface area contributed by atoms with Crippen LogP contribution in [0.2, 0.25) is 0 Å². The predicted molar refractivity (Wildman–Crippen MR) is 49.9 cm³/mol. The molecule has 0 aromatic carbocycles. The Morgan fingerprint density at radius 1 is 1.69 bits per heavy atom. The zero-order valence-electron chi connectivity index (χ0n) is 7.39. The van der Waals surface area contributed by atoms with Crippen LogP contribution in [0.15, 0.2) is 17.4 Å². The molecule has 13 heavy (non-hydrogen) atoms. The molecule has 0 amide bonds. The average Bonchev–Trinajstić information content (AvgIpc) is 2.16. The zero-order chi connectivity index (χ0) is 9.84. The van der Waals surface area contributed by atoms with E-state index in [0.29, 0.717) is 10.9 Å². The first-order valence-corrected chi connectivity index (χ1v) is 4.97. The molecule has 5 heteroatoms. The Hall–Kier alpha value is -1.10. The molecule has 0 radical (unpaired) electrons. The summed E-state index contributed by atoms with van der Waals surface area (Å²) in [6, 6.07) is 1.62. The van der Waals surface area contributed by atoms with E-state index in [1.807, 2.05) is 6.26 Å². The summed E-state index contributed by atoms with van der Waals surface area (Å²) in [6.45, 7) is 1.61. The Labute approximate surface area is 80.4 Å². The third-order valence-corrected chi connectivity index (χ3v) is 2.21. The van der Waals surface area contributed by atoms with Crippen molar-refractivity contribution < 1.29 is 9.90 Å². The number of rotatable bonds is 3. The van der Waals surface area contributed by atoms with Gasteiger partial charge in [0.15, 0.2) is 5.16 Å². The normalized spacial score (nSPS) is 12.5. The predicted octanol–water partition coefficient (Wildman–Crippen LogP) is 1.39. The molecule has 0 spiro atoms. The summed E-state index contributed by atoms with van der Waals surface area (Å²) in [5.74, 6) is -1.44. The molecule has 0 aliphatic carbocycles. The zero-order valence-corrected chi connectivity index (χ0v) is 8.21. The Morgan fingerprint density at radius 3 is 2.92 bits per heavy atom. The summed E-state index contributed by atoms with van der Waals surface area (Å²) < 4.78 is 0. The monoisotopic (exact) mass is 198 g/mol. The lowest BCUT2D eigenvalue weighted by Gasteiger charge is -2.05. The minimum Gasteiger partial charge on any atom is -0.481 e. The number of nitrogens with zero attached hydrogens (tertiary/aromatic N) is 2. The maximum Gasteiger partial charge on any atom is 0.312 e. The fraction of sp³-hybridized carbons (Fsp3) is 0.375. The second-order valence-electron chi connectivity index (χ2n) is 2.53. The van der Waals surface area contributed by atoms with Crippen LogP contribution in [0.3, 0.4) is 0 Å². The lowest BCUT2D eigenvalue weighted by molar-refractivity contribution is -0.138. The minimum atomic E-state index is -0.870. The van der Waals surface area contributed by atoms with Crippen molar-refractivity contribution in [1.29, 1.82) is 0 Å². The van der Waals surface area contributed by atoms with Crippen molar-refractivity contribution in [3.05, 3.63) is 18.0 Å². The standard InChI is InChI=1S/C8H10N2O2S/c1-5(7(11)12)6-3-4-9-8(10-6)13-2/h3-5H,1-2H3,(H,11,12). The molecule has 1 heterocycles. The van der Waals surface area contributed by atoms with Crippen molar-refractivity contribution >= 4 is 17.7 Å². The van der Waals surface area contributed by atoms with Crippen LogP contribution >= 0.6 is 11.8 Å². The number of aromatic nitrogens is 2. The van der Waals surface area contributed by atoms with Gasteiger partial charge in [0, 0.05) is 6.20 Å². The minimum absolute atomic E-state index is 0.548. The Morgan fingerprint density at radius 2 is 2.38 bits per heavy atom. The highest BCUT2D eigenvalue weighted by molar-refractivity contribution is 7.98. The SMILES string of the molecule is CSc1nccc(C(C)C(=O)O)n1. The molecule has 4 nitrogen and oxygen atoms in total. The van der Waals surface area contributed by atoms with Gasteiger partial charge in [0.25, 0.3) is 0 Å². The maximum absolute atomic E-state index is 10.6. The van der Waals surface area contributed by atoms with E-state index in [-0.39, 0.29) is 0 Å². The smallest absolute Gasteiger partial charge is 0.312 e. The summed E-state index contributed by atoms with van der Waals surface area (Å²) in [7, 11) is 0. The van der Waals surface area contributed by atoms with Crippen LogP contribution in [0.1, 0.15) is 18.5 Å². The van der Waals surface area contributed by atoms with Gasteiger partial charge in [-0.1, -0.05) is 11.8 Å². The van der Waals surface area contributed by atoms with Crippen LogP contribution in [0.4, 0.5) is 0 Å². The van der Waals surface area contributed by atoms with Gasteiger partial charge < -0.3 is 5.11 Å². The fourth-order valence-electron chi connectivity index (χ4n) is 0.820. The van der Waals surface area contributed by atoms with Gasteiger partial charge in [0.05, 0.1) is 11.6 Å². The van der Waals surface area contributed by atoms with Crippen molar-refractivity contribution in [2.75, 3.05) is 6.26 Å². The number of hydrogen-bond acceptors (Lipinski definition) is 4. The van der Waals surface area contributed by atoms with Gasteiger partial charge in [0.1, 0.15) is 0 Å². The Bertz CT molecular complexity index is 317. The summed E-state index contributed by atoms with van der Waals surface area (Å²) in [4.78, 5) is 18.7. The van der Waals surface area contributed by atoms with E-state index in [1.165, 1.54) is 11.8 Å². The molecular weight excluding hydrogens is 188 g/mol. The first-order chi connectivity index (χ1) is 6.15. The molecule has 0 aliphatic rings. The van der Waals surface area contributed by atoms with Crippen LogP contribution < -0.4 is 0 Å². The molecule has 0 saturated heterocycles. The molecule has 70 valence electrons. The first kappa shape index (κ1) is 9.98. The number of carboxylic acids is 1. The van der Waals surface area contributed by atoms with E-state index in [1.54, 1.807) is 19.2 Å². The van der Waals surface area contributed by atoms with E-state index < -0.39 is 11.9 Å². The average molecular weight is 198 g/mol. The molecule has 0 bridgehead atoms. The van der Waals surface area contributed by atoms with Crippen molar-refractivity contribution in [1.82, 2.24) is 9.97 Å². The van der Waals surface area contributed by atoms with Gasteiger partial charge >= 0.3 is 5.97 Å². The van der Waals surface area contributed by atoms with Crippen molar-refractivity contribution in [3.8, 4) is 0 Å². The van der Waals surface area contributed by atoms with Crippen LogP contribution in [0, 0.1) is 0 Å². The van der Waals surface area contributed by atoms with Crippen LogP contribution in [0.5, 0.6) is 0 Å². The van der Waals surface area contributed by atoms with E-state index in [0.717, 1.165) is 0 Å². The number of carbonyl (C=O) groups is 1. The van der Waals surface area contributed by atoms with Gasteiger partial charge in [-0.05, 0) is 19.2 Å². The van der Waals surface area contributed by atoms with Gasteiger partial charge in [-0.3, -0.25) is 4.79 Å². The molecule has 1 aromatic heterocycles. The number of thioether (sulfide) groups is 1. The molecule has 1 atom stereocenters. The lowest BCUT2D eigenvalue weighted by atomic mass is 10.1. The Kier molecular flexibility index (Phi) is 3.25. The third kappa shape index (κ3) is 2.42. The van der Waals surface area contributed by atoms with Crippen molar-refractivity contribution in [2.45, 2.75) is 18.0 Å². The summed E-state index contributed by atoms with van der Waals surface area (Å²) in [6.07, 6.45) is 3.43. The molecule has 1 rings (SSSR count).